The van der Waals surface area contributed by atoms with Gasteiger partial charge in [-0.3, -0.25) is 0 Å². The molecule has 8 rings (SSSR count). The van der Waals surface area contributed by atoms with Crippen LogP contribution in [0, 0.1) is 45.3 Å². The fraction of sp³-hybridized carbons (Fsp3) is 0.450. The van der Waals surface area contributed by atoms with E-state index in [1.165, 1.54) is 100 Å². The zero-order valence-corrected chi connectivity index (χ0v) is 27.9. The predicted molar refractivity (Wildman–Crippen MR) is 185 cm³/mol. The lowest BCUT2D eigenvalue weighted by molar-refractivity contribution is 0.322. The van der Waals surface area contributed by atoms with E-state index in [4.69, 9.17) is 0 Å². The van der Waals surface area contributed by atoms with Gasteiger partial charge in [0, 0.05) is 30.3 Å². The molecule has 6 aliphatic rings. The summed E-state index contributed by atoms with van der Waals surface area (Å²) in [7, 11) is 0. The second-order valence-electron chi connectivity index (χ2n) is 14.0. The Morgan fingerprint density at radius 1 is 0.565 bits per heavy atom. The molecule has 2 aromatic heterocycles. The fourth-order valence-electron chi connectivity index (χ4n) is 9.79. The molecule has 0 amide bonds. The summed E-state index contributed by atoms with van der Waals surface area (Å²) in [4.78, 5) is 5.76. The van der Waals surface area contributed by atoms with E-state index >= 15 is 0 Å². The molecule has 228 valence electrons. The van der Waals surface area contributed by atoms with Crippen molar-refractivity contribution >= 4 is 34.3 Å². The van der Waals surface area contributed by atoms with E-state index in [1.807, 2.05) is 22.7 Å². The van der Waals surface area contributed by atoms with Crippen molar-refractivity contribution in [3.05, 3.63) is 78.1 Å². The van der Waals surface area contributed by atoms with Crippen LogP contribution in [0.5, 0.6) is 0 Å². The van der Waals surface area contributed by atoms with Crippen molar-refractivity contribution in [2.45, 2.75) is 114 Å². The van der Waals surface area contributed by atoms with Gasteiger partial charge in [0.2, 0.25) is 0 Å². The lowest BCUT2D eigenvalue weighted by atomic mass is 9.60. The highest BCUT2D eigenvalue weighted by Gasteiger charge is 2.55. The maximum Gasteiger partial charge on any atom is 0.132 e. The summed E-state index contributed by atoms with van der Waals surface area (Å²) < 4.78 is 0. The van der Waals surface area contributed by atoms with E-state index < -0.39 is 0 Å². The Hall–Kier alpha value is -3.94. The van der Waals surface area contributed by atoms with Crippen LogP contribution in [0.15, 0.2) is 51.7 Å². The van der Waals surface area contributed by atoms with Gasteiger partial charge in [0.05, 0.1) is 0 Å². The molecular formula is C40H36N4S2. The Labute approximate surface area is 280 Å². The van der Waals surface area contributed by atoms with Crippen LogP contribution >= 0.6 is 22.7 Å². The van der Waals surface area contributed by atoms with Gasteiger partial charge in [-0.05, 0) is 121 Å². The zero-order valence-electron chi connectivity index (χ0n) is 26.2. The number of allylic oxidation sites excluding steroid dienone is 9. The van der Waals surface area contributed by atoms with Gasteiger partial charge in [-0.25, -0.2) is 0 Å². The summed E-state index contributed by atoms with van der Waals surface area (Å²) in [6.45, 7) is 0. The SMILES string of the molecule is N#CC(C#N)=C1C=C(C2=Cc3sc4c(c3C23CCCCC3)C2(CCCCC2)c2cc(C3=CC(=C(C#N)C#N)CCC3)sc2-4)CCC1. The second-order valence-corrected chi connectivity index (χ2v) is 16.1. The summed E-state index contributed by atoms with van der Waals surface area (Å²) in [6, 6.07) is 11.1. The smallest absolute Gasteiger partial charge is 0.132 e. The molecule has 2 saturated carbocycles. The van der Waals surface area contributed by atoms with Gasteiger partial charge in [-0.15, -0.1) is 22.7 Å². The van der Waals surface area contributed by atoms with Crippen LogP contribution < -0.4 is 0 Å². The van der Waals surface area contributed by atoms with Crippen molar-refractivity contribution in [3.63, 3.8) is 0 Å². The standard InChI is InChI=1S/C40H36N4S2/c41-21-29(22-42)25-9-7-11-27(17-25)31-19-34-35(39(31)13-3-1-4-14-39)36-38(46-34)37-32(40(36)15-5-2-6-16-40)20-33(45-37)28-12-8-10-26(18-28)30(23-43)24-44/h17-20H,1-16H2. The molecule has 0 aliphatic heterocycles. The first-order valence-electron chi connectivity index (χ1n) is 17.1. The molecule has 0 unspecified atom stereocenters. The lowest BCUT2D eigenvalue weighted by Gasteiger charge is -2.43. The molecule has 2 fully saturated rings. The zero-order chi connectivity index (χ0) is 31.5. The highest BCUT2D eigenvalue weighted by atomic mass is 32.1. The third-order valence-electron chi connectivity index (χ3n) is 11.8. The van der Waals surface area contributed by atoms with Crippen molar-refractivity contribution in [3.8, 4) is 34.0 Å². The van der Waals surface area contributed by atoms with Crippen molar-refractivity contribution in [1.29, 1.82) is 21.0 Å². The first kappa shape index (κ1) is 29.5. The summed E-state index contributed by atoms with van der Waals surface area (Å²) in [5.74, 6) is 0. The van der Waals surface area contributed by atoms with Gasteiger partial charge < -0.3 is 0 Å². The fourth-order valence-corrected chi connectivity index (χ4v) is 12.7. The largest absolute Gasteiger partial charge is 0.192 e. The van der Waals surface area contributed by atoms with Crippen molar-refractivity contribution < 1.29 is 0 Å². The molecule has 2 heterocycles. The van der Waals surface area contributed by atoms with Crippen LogP contribution in [0.25, 0.3) is 21.4 Å². The van der Waals surface area contributed by atoms with Crippen LogP contribution in [0.4, 0.5) is 0 Å². The molecule has 0 radical (unpaired) electrons. The minimum atomic E-state index is 0.0311. The minimum absolute atomic E-state index is 0.0311. The topological polar surface area (TPSA) is 95.2 Å². The number of nitrogens with zero attached hydrogens (tertiary/aromatic N) is 4. The van der Waals surface area contributed by atoms with Crippen LogP contribution in [0.1, 0.15) is 129 Å². The van der Waals surface area contributed by atoms with E-state index in [-0.39, 0.29) is 22.0 Å². The maximum atomic E-state index is 9.65. The lowest BCUT2D eigenvalue weighted by Crippen LogP contribution is -2.35. The van der Waals surface area contributed by atoms with Gasteiger partial charge >= 0.3 is 0 Å². The van der Waals surface area contributed by atoms with Gasteiger partial charge in [0.15, 0.2) is 0 Å². The summed E-state index contributed by atoms with van der Waals surface area (Å²) in [5, 5.41) is 38.4. The molecule has 0 atom stereocenters. The monoisotopic (exact) mass is 636 g/mol. The molecular weight excluding hydrogens is 601 g/mol. The Balaban J connectivity index is 1.30. The van der Waals surface area contributed by atoms with E-state index in [0.29, 0.717) is 0 Å². The average Bonchev–Trinajstić information content (AvgIpc) is 3.83. The molecule has 46 heavy (non-hydrogen) atoms. The second kappa shape index (κ2) is 11.4. The predicted octanol–water partition coefficient (Wildman–Crippen LogP) is 11.0. The molecule has 4 nitrogen and oxygen atoms in total. The minimum Gasteiger partial charge on any atom is -0.192 e. The molecule has 2 aromatic rings. The van der Waals surface area contributed by atoms with E-state index in [9.17, 15) is 21.0 Å². The summed E-state index contributed by atoms with van der Waals surface area (Å²) in [5.41, 5.74) is 11.4. The highest BCUT2D eigenvalue weighted by Crippen LogP contribution is 2.68. The molecule has 6 heteroatoms. The average molecular weight is 637 g/mol. The summed E-state index contributed by atoms with van der Waals surface area (Å²) in [6.07, 6.45) is 24.9. The van der Waals surface area contributed by atoms with Gasteiger partial charge in [-0.2, -0.15) is 21.0 Å². The van der Waals surface area contributed by atoms with Crippen LogP contribution in [0.3, 0.4) is 0 Å². The van der Waals surface area contributed by atoms with Gasteiger partial charge in [-0.1, -0.05) is 50.7 Å². The number of rotatable bonds is 2. The van der Waals surface area contributed by atoms with Crippen LogP contribution in [-0.4, -0.2) is 0 Å². The quantitative estimate of drug-likeness (QED) is 0.306. The Bertz CT molecular complexity index is 1960. The normalized spacial score (nSPS) is 22.0. The van der Waals surface area contributed by atoms with Gasteiger partial charge in [0.1, 0.15) is 35.4 Å². The molecule has 0 saturated heterocycles. The van der Waals surface area contributed by atoms with E-state index in [0.717, 1.165) is 49.7 Å². The van der Waals surface area contributed by atoms with Gasteiger partial charge in [0.25, 0.3) is 0 Å². The molecule has 6 aliphatic carbocycles. The summed E-state index contributed by atoms with van der Waals surface area (Å²) >= 11 is 3.97. The first-order chi connectivity index (χ1) is 22.6. The third-order valence-corrected chi connectivity index (χ3v) is 14.3. The highest BCUT2D eigenvalue weighted by molar-refractivity contribution is 7.23. The molecule has 0 aromatic carbocycles. The Kier molecular flexibility index (Phi) is 7.29. The molecule has 0 bridgehead atoms. The van der Waals surface area contributed by atoms with Crippen LogP contribution in [-0.2, 0) is 10.8 Å². The number of nitriles is 4. The van der Waals surface area contributed by atoms with E-state index in [1.54, 1.807) is 16.7 Å². The molecule has 2 spiro atoms. The Morgan fingerprint density at radius 2 is 1.13 bits per heavy atom. The van der Waals surface area contributed by atoms with E-state index in [2.05, 4.69) is 48.6 Å². The van der Waals surface area contributed by atoms with Crippen LogP contribution in [0.2, 0.25) is 0 Å². The maximum absolute atomic E-state index is 9.65. The third kappa shape index (κ3) is 4.24. The number of hydrogen-bond acceptors (Lipinski definition) is 6. The van der Waals surface area contributed by atoms with Crippen molar-refractivity contribution in [2.24, 2.45) is 0 Å². The van der Waals surface area contributed by atoms with Crippen molar-refractivity contribution in [1.82, 2.24) is 0 Å². The number of fused-ring (bicyclic) bond motifs is 8. The number of hydrogen-bond donors (Lipinski definition) is 0. The first-order valence-corrected chi connectivity index (χ1v) is 18.7. The van der Waals surface area contributed by atoms with Crippen molar-refractivity contribution in [2.75, 3.05) is 0 Å². The number of thiophene rings is 2. The Morgan fingerprint density at radius 3 is 1.74 bits per heavy atom. The molecule has 0 N–H and O–H groups in total.